The fraction of sp³-hybridized carbons (Fsp3) is 0. The van der Waals surface area contributed by atoms with Crippen molar-refractivity contribution in [3.05, 3.63) is 12.5 Å². The highest BCUT2D eigenvalue weighted by atomic mass is 16.5. The maximum Gasteiger partial charge on any atom is 0.222 e. The Morgan fingerprint density at radius 2 is 2.40 bits per heavy atom. The van der Waals surface area contributed by atoms with Crippen molar-refractivity contribution in [3.63, 3.8) is 0 Å². The second kappa shape index (κ2) is 1.63. The Morgan fingerprint density at radius 3 is 3.20 bits per heavy atom. The summed E-state index contributed by atoms with van der Waals surface area (Å²) in [6.07, 6.45) is 2.79. The molecule has 2 aromatic rings. The van der Waals surface area contributed by atoms with E-state index in [-0.39, 0.29) is 0 Å². The molecule has 0 aliphatic heterocycles. The predicted octanol–water partition coefficient (Wildman–Crippen LogP) is -0.541. The third-order valence-electron chi connectivity index (χ3n) is 1.10. The van der Waals surface area contributed by atoms with Crippen LogP contribution in [-0.2, 0) is 0 Å². The average Bonchev–Trinajstić information content (AvgIpc) is 2.34. The molecule has 0 bridgehead atoms. The van der Waals surface area contributed by atoms with E-state index < -0.39 is 0 Å². The number of hydrogen-bond donors (Lipinski definition) is 1. The van der Waals surface area contributed by atoms with Gasteiger partial charge in [-0.15, -0.1) is 5.10 Å². The van der Waals surface area contributed by atoms with Gasteiger partial charge in [-0.3, -0.25) is 0 Å². The smallest absolute Gasteiger partial charge is 0.222 e. The molecule has 2 aromatic heterocycles. The van der Waals surface area contributed by atoms with Crippen LogP contribution in [0.2, 0.25) is 0 Å². The molecule has 0 aromatic carbocycles. The third-order valence-corrected chi connectivity index (χ3v) is 1.10. The van der Waals surface area contributed by atoms with Crippen molar-refractivity contribution in [1.82, 2.24) is 25.1 Å². The molecule has 0 radical (unpaired) electrons. The summed E-state index contributed by atoms with van der Waals surface area (Å²) in [5, 5.41) is 15.7. The molecule has 0 amide bonds. The van der Waals surface area contributed by atoms with Gasteiger partial charge in [-0.2, -0.15) is 0 Å². The van der Waals surface area contributed by atoms with Gasteiger partial charge in [0.25, 0.3) is 0 Å². The summed E-state index contributed by atoms with van der Waals surface area (Å²) in [7, 11) is 0. The van der Waals surface area contributed by atoms with Crippen LogP contribution in [0.25, 0.3) is 11.2 Å². The Balaban J connectivity index is 2.93. The second-order valence-electron chi connectivity index (χ2n) is 1.71. The van der Waals surface area contributed by atoms with E-state index in [0.717, 1.165) is 0 Å². The molecule has 10 heavy (non-hydrogen) atoms. The maximum atomic E-state index is 8.86. The summed E-state index contributed by atoms with van der Waals surface area (Å²) in [6.45, 7) is 0. The van der Waals surface area contributed by atoms with Gasteiger partial charge in [-0.25, -0.2) is 9.97 Å². The van der Waals surface area contributed by atoms with Crippen molar-refractivity contribution in [1.29, 1.82) is 0 Å². The first-order valence-corrected chi connectivity index (χ1v) is 2.58. The molecule has 0 atom stereocenters. The van der Waals surface area contributed by atoms with Crippen molar-refractivity contribution in [2.24, 2.45) is 0 Å². The van der Waals surface area contributed by atoms with Crippen LogP contribution in [0.5, 0.6) is 0 Å². The van der Waals surface area contributed by atoms with E-state index in [4.69, 9.17) is 5.21 Å². The first kappa shape index (κ1) is 5.10. The fourth-order valence-corrected chi connectivity index (χ4v) is 0.673. The molecular formula is C4H3N5O. The lowest BCUT2D eigenvalue weighted by Crippen LogP contribution is -1.93. The lowest BCUT2D eigenvalue weighted by Gasteiger charge is -1.84. The first-order chi connectivity index (χ1) is 4.88. The number of aromatic nitrogens is 5. The van der Waals surface area contributed by atoms with Crippen LogP contribution in [0.1, 0.15) is 0 Å². The van der Waals surface area contributed by atoms with E-state index >= 15 is 0 Å². The minimum atomic E-state index is 0.315. The highest BCUT2D eigenvalue weighted by Crippen LogP contribution is 2.00. The van der Waals surface area contributed by atoms with Gasteiger partial charge in [-0.1, -0.05) is 4.85 Å². The SMILES string of the molecule is On1nnc2cncnc21. The summed E-state index contributed by atoms with van der Waals surface area (Å²) in [5.74, 6) is 0. The van der Waals surface area contributed by atoms with Gasteiger partial charge in [0.15, 0.2) is 5.52 Å². The lowest BCUT2D eigenvalue weighted by atomic mass is 10.6. The first-order valence-electron chi connectivity index (χ1n) is 2.58. The van der Waals surface area contributed by atoms with Crippen LogP contribution >= 0.6 is 0 Å². The zero-order chi connectivity index (χ0) is 6.97. The molecule has 2 heterocycles. The quantitative estimate of drug-likeness (QED) is 0.493. The van der Waals surface area contributed by atoms with Gasteiger partial charge in [-0.05, 0) is 5.21 Å². The summed E-state index contributed by atoms with van der Waals surface area (Å²) in [5.41, 5.74) is 0.792. The standard InChI is InChI=1S/C4H3N5O/c10-9-4-3(7-8-9)1-5-2-6-4/h1-2,10H. The van der Waals surface area contributed by atoms with Gasteiger partial charge in [0.1, 0.15) is 6.33 Å². The Bertz CT molecular complexity index is 355. The van der Waals surface area contributed by atoms with Crippen molar-refractivity contribution in [3.8, 4) is 0 Å². The maximum absolute atomic E-state index is 8.86. The fourth-order valence-electron chi connectivity index (χ4n) is 0.673. The van der Waals surface area contributed by atoms with Crippen LogP contribution < -0.4 is 0 Å². The second-order valence-corrected chi connectivity index (χ2v) is 1.71. The highest BCUT2D eigenvalue weighted by molar-refractivity contribution is 5.66. The summed E-state index contributed by atoms with van der Waals surface area (Å²) in [4.78, 5) is 8.01. The van der Waals surface area contributed by atoms with Crippen molar-refractivity contribution < 1.29 is 5.21 Å². The van der Waals surface area contributed by atoms with Crippen LogP contribution in [0.3, 0.4) is 0 Å². The molecule has 50 valence electrons. The monoisotopic (exact) mass is 137 g/mol. The van der Waals surface area contributed by atoms with E-state index in [1.165, 1.54) is 12.5 Å². The highest BCUT2D eigenvalue weighted by Gasteiger charge is 2.01. The molecular weight excluding hydrogens is 134 g/mol. The molecule has 0 saturated carbocycles. The largest absolute Gasteiger partial charge is 0.409 e. The Labute approximate surface area is 55.1 Å². The topological polar surface area (TPSA) is 76.7 Å². The van der Waals surface area contributed by atoms with Crippen molar-refractivity contribution in [2.45, 2.75) is 0 Å². The molecule has 6 nitrogen and oxygen atoms in total. The minimum Gasteiger partial charge on any atom is -0.409 e. The summed E-state index contributed by atoms with van der Waals surface area (Å²) in [6, 6.07) is 0. The van der Waals surface area contributed by atoms with Gasteiger partial charge in [0.2, 0.25) is 5.65 Å². The Morgan fingerprint density at radius 1 is 1.50 bits per heavy atom. The number of rotatable bonds is 0. The zero-order valence-electron chi connectivity index (χ0n) is 4.84. The van der Waals surface area contributed by atoms with Gasteiger partial charge in [0.05, 0.1) is 6.20 Å². The van der Waals surface area contributed by atoms with Crippen molar-refractivity contribution in [2.75, 3.05) is 0 Å². The van der Waals surface area contributed by atoms with Crippen LogP contribution in [0.4, 0.5) is 0 Å². The van der Waals surface area contributed by atoms with Gasteiger partial charge in [0, 0.05) is 0 Å². The van der Waals surface area contributed by atoms with E-state index in [1.54, 1.807) is 0 Å². The van der Waals surface area contributed by atoms with Gasteiger partial charge < -0.3 is 5.21 Å². The van der Waals surface area contributed by atoms with Gasteiger partial charge >= 0.3 is 0 Å². The average molecular weight is 137 g/mol. The van der Waals surface area contributed by atoms with E-state index in [1.807, 2.05) is 0 Å². The van der Waals surface area contributed by atoms with Crippen LogP contribution in [-0.4, -0.2) is 30.3 Å². The molecule has 0 aliphatic carbocycles. The van der Waals surface area contributed by atoms with E-state index in [0.29, 0.717) is 16.0 Å². The molecule has 0 fully saturated rings. The van der Waals surface area contributed by atoms with Crippen LogP contribution in [0, 0.1) is 0 Å². The third kappa shape index (κ3) is 0.524. The molecule has 6 heteroatoms. The number of nitrogens with zero attached hydrogens (tertiary/aromatic N) is 5. The number of fused-ring (bicyclic) bond motifs is 1. The van der Waals surface area contributed by atoms with E-state index in [2.05, 4.69) is 20.3 Å². The predicted molar refractivity (Wildman–Crippen MR) is 30.3 cm³/mol. The molecule has 0 aliphatic rings. The Kier molecular flexibility index (Phi) is 0.830. The van der Waals surface area contributed by atoms with Crippen molar-refractivity contribution >= 4 is 11.2 Å². The molecule has 1 N–H and O–H groups in total. The van der Waals surface area contributed by atoms with Crippen LogP contribution in [0.15, 0.2) is 12.5 Å². The van der Waals surface area contributed by atoms with E-state index in [9.17, 15) is 0 Å². The molecule has 0 spiro atoms. The zero-order valence-corrected chi connectivity index (χ0v) is 4.84. The lowest BCUT2D eigenvalue weighted by molar-refractivity contribution is 0.153. The molecule has 0 unspecified atom stereocenters. The summed E-state index contributed by atoms with van der Waals surface area (Å²) < 4.78 is 0. The minimum absolute atomic E-state index is 0.315. The Hall–Kier alpha value is -1.72. The molecule has 2 rings (SSSR count). The molecule has 0 saturated heterocycles. The number of hydrogen-bond acceptors (Lipinski definition) is 5. The summed E-state index contributed by atoms with van der Waals surface area (Å²) >= 11 is 0. The normalized spacial score (nSPS) is 10.4.